The van der Waals surface area contributed by atoms with Crippen LogP contribution in [0.15, 0.2) is 48.8 Å². The minimum atomic E-state index is -0.202. The summed E-state index contributed by atoms with van der Waals surface area (Å²) in [6.07, 6.45) is 4.36. The van der Waals surface area contributed by atoms with Crippen molar-refractivity contribution in [2.24, 2.45) is 0 Å². The Morgan fingerprint density at radius 3 is 2.67 bits per heavy atom. The second kappa shape index (κ2) is 7.22. The minimum Gasteiger partial charge on any atom is -0.321 e. The highest BCUT2D eigenvalue weighted by Crippen LogP contribution is 2.29. The number of tetrazole rings is 1. The number of para-hydroxylation sites is 1. The monoisotopic (exact) mass is 399 g/mol. The Morgan fingerprint density at radius 1 is 1.03 bits per heavy atom. The Bertz CT molecular complexity index is 1240. The van der Waals surface area contributed by atoms with E-state index in [0.717, 1.165) is 53.0 Å². The van der Waals surface area contributed by atoms with Crippen molar-refractivity contribution in [2.45, 2.75) is 33.1 Å². The van der Waals surface area contributed by atoms with Crippen molar-refractivity contribution < 1.29 is 4.79 Å². The van der Waals surface area contributed by atoms with Crippen molar-refractivity contribution in [3.05, 3.63) is 76.9 Å². The van der Waals surface area contributed by atoms with Gasteiger partial charge < -0.3 is 5.32 Å². The molecule has 1 aliphatic carbocycles. The molecule has 1 N–H and O–H groups in total. The molecule has 2 aromatic carbocycles. The fourth-order valence-corrected chi connectivity index (χ4v) is 4.02. The molecular weight excluding hydrogens is 378 g/mol. The van der Waals surface area contributed by atoms with E-state index in [2.05, 4.69) is 33.8 Å². The number of anilines is 1. The van der Waals surface area contributed by atoms with Gasteiger partial charge in [0.2, 0.25) is 0 Å². The molecule has 0 fully saturated rings. The number of amides is 1. The molecule has 1 amide bonds. The summed E-state index contributed by atoms with van der Waals surface area (Å²) in [7, 11) is 0. The SMILES string of the molecule is Cc1ccc(NC(=O)c2nn(-c3ccccc3C)c3c2CCC3)cc1-n1cnnn1. The number of fused-ring (bicyclic) bond motifs is 1. The van der Waals surface area contributed by atoms with E-state index in [1.165, 1.54) is 6.33 Å². The maximum Gasteiger partial charge on any atom is 0.276 e. The van der Waals surface area contributed by atoms with Gasteiger partial charge in [-0.25, -0.2) is 9.36 Å². The molecule has 0 radical (unpaired) electrons. The molecule has 8 nitrogen and oxygen atoms in total. The first kappa shape index (κ1) is 18.2. The van der Waals surface area contributed by atoms with Gasteiger partial charge in [-0.05, 0) is 72.9 Å². The quantitative estimate of drug-likeness (QED) is 0.569. The van der Waals surface area contributed by atoms with Crippen LogP contribution in [0.25, 0.3) is 11.4 Å². The first-order valence-electron chi connectivity index (χ1n) is 9.94. The first-order chi connectivity index (χ1) is 14.6. The molecule has 0 aliphatic heterocycles. The Morgan fingerprint density at radius 2 is 1.87 bits per heavy atom. The Labute approximate surface area is 173 Å². The van der Waals surface area contributed by atoms with E-state index in [9.17, 15) is 4.79 Å². The third-order valence-electron chi connectivity index (χ3n) is 5.55. The van der Waals surface area contributed by atoms with Gasteiger partial charge in [-0.2, -0.15) is 5.10 Å². The molecule has 4 aromatic rings. The van der Waals surface area contributed by atoms with Crippen LogP contribution in [0.3, 0.4) is 0 Å². The summed E-state index contributed by atoms with van der Waals surface area (Å²) >= 11 is 0. The number of nitrogens with zero attached hydrogens (tertiary/aromatic N) is 6. The predicted octanol–water partition coefficient (Wildman–Crippen LogP) is 3.21. The van der Waals surface area contributed by atoms with Crippen molar-refractivity contribution in [1.29, 1.82) is 0 Å². The van der Waals surface area contributed by atoms with Gasteiger partial charge in [0, 0.05) is 16.9 Å². The summed E-state index contributed by atoms with van der Waals surface area (Å²) in [5, 5.41) is 19.0. The number of carbonyl (C=O) groups is 1. The van der Waals surface area contributed by atoms with Gasteiger partial charge in [0.15, 0.2) is 5.69 Å². The fourth-order valence-electron chi connectivity index (χ4n) is 4.02. The van der Waals surface area contributed by atoms with Gasteiger partial charge in [0.05, 0.1) is 11.4 Å². The molecule has 0 atom stereocenters. The second-order valence-electron chi connectivity index (χ2n) is 7.54. The normalized spacial score (nSPS) is 12.7. The zero-order valence-corrected chi connectivity index (χ0v) is 16.8. The lowest BCUT2D eigenvalue weighted by Crippen LogP contribution is -2.15. The molecule has 0 bridgehead atoms. The van der Waals surface area contributed by atoms with Crippen LogP contribution in [0.5, 0.6) is 0 Å². The van der Waals surface area contributed by atoms with Gasteiger partial charge in [-0.3, -0.25) is 4.79 Å². The number of hydrogen-bond donors (Lipinski definition) is 1. The summed E-state index contributed by atoms with van der Waals surface area (Å²) < 4.78 is 3.52. The maximum atomic E-state index is 13.2. The lowest BCUT2D eigenvalue weighted by atomic mass is 10.1. The molecule has 150 valence electrons. The first-order valence-corrected chi connectivity index (χ1v) is 9.94. The number of aromatic nitrogens is 6. The molecule has 8 heteroatoms. The molecule has 2 aromatic heterocycles. The average molecular weight is 399 g/mol. The molecule has 0 saturated carbocycles. The highest BCUT2D eigenvalue weighted by molar-refractivity contribution is 6.04. The van der Waals surface area contributed by atoms with Crippen molar-refractivity contribution in [3.8, 4) is 11.4 Å². The van der Waals surface area contributed by atoms with Gasteiger partial charge in [0.1, 0.15) is 6.33 Å². The molecule has 30 heavy (non-hydrogen) atoms. The number of nitrogens with one attached hydrogen (secondary N) is 1. The van der Waals surface area contributed by atoms with Crippen molar-refractivity contribution in [3.63, 3.8) is 0 Å². The van der Waals surface area contributed by atoms with E-state index >= 15 is 0 Å². The van der Waals surface area contributed by atoms with Crippen LogP contribution >= 0.6 is 0 Å². The number of carbonyl (C=O) groups excluding carboxylic acids is 1. The minimum absolute atomic E-state index is 0.202. The Balaban J connectivity index is 1.49. The Kier molecular flexibility index (Phi) is 4.39. The maximum absolute atomic E-state index is 13.2. The molecule has 5 rings (SSSR count). The molecule has 2 heterocycles. The third-order valence-corrected chi connectivity index (χ3v) is 5.55. The third kappa shape index (κ3) is 3.06. The van der Waals surface area contributed by atoms with Crippen molar-refractivity contribution in [2.75, 3.05) is 5.32 Å². The van der Waals surface area contributed by atoms with Gasteiger partial charge in [0.25, 0.3) is 5.91 Å². The highest BCUT2D eigenvalue weighted by atomic mass is 16.2. The summed E-state index contributed by atoms with van der Waals surface area (Å²) in [6.45, 7) is 4.03. The highest BCUT2D eigenvalue weighted by Gasteiger charge is 2.27. The number of benzene rings is 2. The van der Waals surface area contributed by atoms with E-state index in [1.807, 2.05) is 48.0 Å². The van der Waals surface area contributed by atoms with E-state index < -0.39 is 0 Å². The summed E-state index contributed by atoms with van der Waals surface area (Å²) in [4.78, 5) is 13.2. The zero-order valence-electron chi connectivity index (χ0n) is 16.8. The zero-order chi connectivity index (χ0) is 20.7. The van der Waals surface area contributed by atoms with E-state index in [-0.39, 0.29) is 5.91 Å². The van der Waals surface area contributed by atoms with E-state index in [4.69, 9.17) is 5.10 Å². The lowest BCUT2D eigenvalue weighted by Gasteiger charge is -2.09. The molecular formula is C22H21N7O. The van der Waals surface area contributed by atoms with Crippen LogP contribution in [0.2, 0.25) is 0 Å². The van der Waals surface area contributed by atoms with Gasteiger partial charge in [-0.15, -0.1) is 5.10 Å². The summed E-state index contributed by atoms with van der Waals surface area (Å²) in [6, 6.07) is 13.8. The van der Waals surface area contributed by atoms with Crippen LogP contribution in [0.1, 0.15) is 39.3 Å². The van der Waals surface area contributed by atoms with E-state index in [1.54, 1.807) is 4.68 Å². The smallest absolute Gasteiger partial charge is 0.276 e. The topological polar surface area (TPSA) is 90.5 Å². The predicted molar refractivity (Wildman–Crippen MR) is 112 cm³/mol. The van der Waals surface area contributed by atoms with Crippen LogP contribution in [0.4, 0.5) is 5.69 Å². The summed E-state index contributed by atoms with van der Waals surface area (Å²) in [5.74, 6) is -0.202. The van der Waals surface area contributed by atoms with Crippen molar-refractivity contribution in [1.82, 2.24) is 30.0 Å². The number of rotatable bonds is 4. The fraction of sp³-hybridized carbons (Fsp3) is 0.227. The molecule has 0 unspecified atom stereocenters. The van der Waals surface area contributed by atoms with Crippen LogP contribution in [0, 0.1) is 13.8 Å². The van der Waals surface area contributed by atoms with Crippen LogP contribution < -0.4 is 5.32 Å². The Hall–Kier alpha value is -3.81. The van der Waals surface area contributed by atoms with Crippen LogP contribution in [-0.2, 0) is 12.8 Å². The van der Waals surface area contributed by atoms with E-state index in [0.29, 0.717) is 11.4 Å². The number of aryl methyl sites for hydroxylation is 2. The summed E-state index contributed by atoms with van der Waals surface area (Å²) in [5.41, 5.74) is 7.32. The number of hydrogen-bond acceptors (Lipinski definition) is 5. The lowest BCUT2D eigenvalue weighted by molar-refractivity contribution is 0.102. The van der Waals surface area contributed by atoms with Gasteiger partial charge >= 0.3 is 0 Å². The standard InChI is InChI=1S/C22H21N7O/c1-14-6-3-4-8-18(14)29-19-9-5-7-17(19)21(25-29)22(30)24-16-11-10-15(2)20(12-16)28-13-23-26-27-28/h3-4,6,8,10-13H,5,7,9H2,1-2H3,(H,24,30). The van der Waals surface area contributed by atoms with Gasteiger partial charge in [-0.1, -0.05) is 24.3 Å². The second-order valence-corrected chi connectivity index (χ2v) is 7.54. The molecule has 0 saturated heterocycles. The van der Waals surface area contributed by atoms with Crippen molar-refractivity contribution >= 4 is 11.6 Å². The van der Waals surface area contributed by atoms with Crippen LogP contribution in [-0.4, -0.2) is 35.9 Å². The molecule has 0 spiro atoms. The average Bonchev–Trinajstić information content (AvgIpc) is 3.48. The largest absolute Gasteiger partial charge is 0.321 e. The molecule has 1 aliphatic rings.